The zero-order valence-electron chi connectivity index (χ0n) is 11.9. The first-order valence-corrected chi connectivity index (χ1v) is 8.50. The molecule has 1 fully saturated rings. The Balaban J connectivity index is 2.36. The minimum atomic E-state index is -4.36. The lowest BCUT2D eigenvalue weighted by Gasteiger charge is -2.23. The molecule has 0 aromatic heterocycles. The van der Waals surface area contributed by atoms with Gasteiger partial charge in [-0.25, -0.2) is 17.5 Å². The first kappa shape index (κ1) is 16.8. The van der Waals surface area contributed by atoms with E-state index >= 15 is 0 Å². The van der Waals surface area contributed by atoms with Crippen LogP contribution in [-0.2, 0) is 10.0 Å². The van der Waals surface area contributed by atoms with E-state index in [9.17, 15) is 22.9 Å². The molecule has 0 bridgehead atoms. The van der Waals surface area contributed by atoms with E-state index in [0.717, 1.165) is 43.9 Å². The van der Waals surface area contributed by atoms with E-state index in [-0.39, 0.29) is 12.5 Å². The SMILES string of the molecule is NCC(NS(=O)(=O)c1c(F)cccc1[N+](=O)[O-])C1CCCC1. The lowest BCUT2D eigenvalue weighted by Crippen LogP contribution is -2.44. The number of hydrogen-bond donors (Lipinski definition) is 2. The molecule has 1 aliphatic rings. The second-order valence-electron chi connectivity index (χ2n) is 5.35. The molecule has 0 spiro atoms. The van der Waals surface area contributed by atoms with Gasteiger partial charge < -0.3 is 5.73 Å². The molecule has 0 radical (unpaired) electrons. The van der Waals surface area contributed by atoms with Gasteiger partial charge in [-0.05, 0) is 24.8 Å². The number of halogens is 1. The first-order chi connectivity index (χ1) is 10.4. The van der Waals surface area contributed by atoms with Gasteiger partial charge in [0.05, 0.1) is 4.92 Å². The highest BCUT2D eigenvalue weighted by Gasteiger charge is 2.34. The molecule has 1 atom stereocenters. The van der Waals surface area contributed by atoms with Crippen molar-refractivity contribution in [1.29, 1.82) is 0 Å². The Bertz CT molecular complexity index is 659. The fraction of sp³-hybridized carbons (Fsp3) is 0.538. The lowest BCUT2D eigenvalue weighted by atomic mass is 9.99. The molecule has 22 heavy (non-hydrogen) atoms. The van der Waals surface area contributed by atoms with E-state index < -0.39 is 37.4 Å². The Morgan fingerprint density at radius 2 is 2.05 bits per heavy atom. The van der Waals surface area contributed by atoms with Crippen LogP contribution in [0.5, 0.6) is 0 Å². The molecule has 0 aliphatic heterocycles. The Labute approximate surface area is 127 Å². The smallest absolute Gasteiger partial charge is 0.292 e. The van der Waals surface area contributed by atoms with E-state index in [0.29, 0.717) is 0 Å². The molecule has 1 aromatic rings. The summed E-state index contributed by atoms with van der Waals surface area (Å²) in [6, 6.07) is 2.40. The quantitative estimate of drug-likeness (QED) is 0.606. The van der Waals surface area contributed by atoms with Crippen molar-refractivity contribution < 1.29 is 17.7 Å². The number of nitrogens with zero attached hydrogens (tertiary/aromatic N) is 1. The van der Waals surface area contributed by atoms with Crippen molar-refractivity contribution >= 4 is 15.7 Å². The van der Waals surface area contributed by atoms with Crippen LogP contribution in [0.4, 0.5) is 10.1 Å². The average Bonchev–Trinajstić information content (AvgIpc) is 2.98. The summed E-state index contributed by atoms with van der Waals surface area (Å²) in [7, 11) is -4.36. The number of rotatable bonds is 6. The third kappa shape index (κ3) is 3.42. The van der Waals surface area contributed by atoms with Gasteiger partial charge >= 0.3 is 0 Å². The minimum absolute atomic E-state index is 0.0617. The number of nitrogens with two attached hydrogens (primary N) is 1. The number of hydrogen-bond acceptors (Lipinski definition) is 5. The maximum atomic E-state index is 13.9. The van der Waals surface area contributed by atoms with Gasteiger partial charge in [-0.15, -0.1) is 0 Å². The van der Waals surface area contributed by atoms with Crippen molar-refractivity contribution in [3.8, 4) is 0 Å². The molecule has 2 rings (SSSR count). The van der Waals surface area contributed by atoms with Crippen LogP contribution in [0.2, 0.25) is 0 Å². The van der Waals surface area contributed by atoms with Crippen molar-refractivity contribution in [1.82, 2.24) is 4.72 Å². The third-order valence-electron chi connectivity index (χ3n) is 3.94. The summed E-state index contributed by atoms with van der Waals surface area (Å²) < 4.78 is 41.0. The zero-order chi connectivity index (χ0) is 16.3. The van der Waals surface area contributed by atoms with Gasteiger partial charge in [-0.2, -0.15) is 0 Å². The van der Waals surface area contributed by atoms with Gasteiger partial charge in [0.25, 0.3) is 15.7 Å². The molecule has 0 amide bonds. The molecule has 122 valence electrons. The van der Waals surface area contributed by atoms with E-state index in [1.807, 2.05) is 0 Å². The average molecular weight is 331 g/mol. The Kier molecular flexibility index (Phi) is 5.09. The van der Waals surface area contributed by atoms with Crippen molar-refractivity contribution in [2.24, 2.45) is 11.7 Å². The summed E-state index contributed by atoms with van der Waals surface area (Å²) >= 11 is 0. The van der Waals surface area contributed by atoms with Crippen molar-refractivity contribution in [2.75, 3.05) is 6.54 Å². The van der Waals surface area contributed by atoms with Gasteiger partial charge in [-0.1, -0.05) is 18.9 Å². The normalized spacial score (nSPS) is 17.5. The van der Waals surface area contributed by atoms with Gasteiger partial charge in [0.1, 0.15) is 5.82 Å². The number of nitro benzene ring substituents is 1. The van der Waals surface area contributed by atoms with Crippen molar-refractivity contribution in [3.05, 3.63) is 34.1 Å². The molecular formula is C13H18FN3O4S. The fourth-order valence-corrected chi connectivity index (χ4v) is 4.41. The monoisotopic (exact) mass is 331 g/mol. The summed E-state index contributed by atoms with van der Waals surface area (Å²) in [6.45, 7) is 0.0617. The zero-order valence-corrected chi connectivity index (χ0v) is 12.7. The molecule has 3 N–H and O–H groups in total. The van der Waals surface area contributed by atoms with Crippen LogP contribution < -0.4 is 10.5 Å². The highest BCUT2D eigenvalue weighted by atomic mass is 32.2. The second kappa shape index (κ2) is 6.67. The Morgan fingerprint density at radius 3 is 2.59 bits per heavy atom. The van der Waals surface area contributed by atoms with E-state index in [1.54, 1.807) is 0 Å². The third-order valence-corrected chi connectivity index (χ3v) is 5.50. The van der Waals surface area contributed by atoms with Gasteiger partial charge in [0, 0.05) is 18.7 Å². The number of benzene rings is 1. The summed E-state index contributed by atoms with van der Waals surface area (Å²) in [4.78, 5) is 9.11. The molecule has 7 nitrogen and oxygen atoms in total. The number of sulfonamides is 1. The predicted octanol–water partition coefficient (Wildman–Crippen LogP) is 1.53. The minimum Gasteiger partial charge on any atom is -0.329 e. The second-order valence-corrected chi connectivity index (χ2v) is 7.00. The summed E-state index contributed by atoms with van der Waals surface area (Å²) in [6.07, 6.45) is 3.65. The highest BCUT2D eigenvalue weighted by Crippen LogP contribution is 2.30. The Hall–Kier alpha value is -1.58. The molecule has 0 heterocycles. The van der Waals surface area contributed by atoms with Gasteiger partial charge in [0.15, 0.2) is 4.90 Å². The Morgan fingerprint density at radius 1 is 1.41 bits per heavy atom. The van der Waals surface area contributed by atoms with Crippen LogP contribution in [-0.4, -0.2) is 25.9 Å². The molecular weight excluding hydrogens is 313 g/mol. The van der Waals surface area contributed by atoms with Gasteiger partial charge in [-0.3, -0.25) is 10.1 Å². The molecule has 0 saturated heterocycles. The molecule has 9 heteroatoms. The van der Waals surface area contributed by atoms with Crippen LogP contribution in [0, 0.1) is 21.8 Å². The van der Waals surface area contributed by atoms with Crippen LogP contribution >= 0.6 is 0 Å². The van der Waals surface area contributed by atoms with Crippen LogP contribution in [0.15, 0.2) is 23.1 Å². The van der Waals surface area contributed by atoms with Crippen LogP contribution in [0.3, 0.4) is 0 Å². The maximum absolute atomic E-state index is 13.9. The van der Waals surface area contributed by atoms with Crippen molar-refractivity contribution in [3.63, 3.8) is 0 Å². The standard InChI is InChI=1S/C13H18FN3O4S/c14-10-6-3-7-12(17(18)19)13(10)22(20,21)16-11(8-15)9-4-1-2-5-9/h3,6-7,9,11,16H,1-2,4-5,8,15H2. The molecule has 1 aromatic carbocycles. The lowest BCUT2D eigenvalue weighted by molar-refractivity contribution is -0.388. The largest absolute Gasteiger partial charge is 0.329 e. The molecule has 1 saturated carbocycles. The van der Waals surface area contributed by atoms with E-state index in [4.69, 9.17) is 5.73 Å². The number of nitrogens with one attached hydrogen (secondary N) is 1. The van der Waals surface area contributed by atoms with E-state index in [2.05, 4.69) is 4.72 Å². The molecule has 1 aliphatic carbocycles. The van der Waals surface area contributed by atoms with E-state index in [1.165, 1.54) is 0 Å². The highest BCUT2D eigenvalue weighted by molar-refractivity contribution is 7.89. The summed E-state index contributed by atoms with van der Waals surface area (Å²) in [5.41, 5.74) is 4.84. The first-order valence-electron chi connectivity index (χ1n) is 7.02. The van der Waals surface area contributed by atoms with Crippen molar-refractivity contribution in [2.45, 2.75) is 36.6 Å². The number of nitro groups is 1. The maximum Gasteiger partial charge on any atom is 0.292 e. The summed E-state index contributed by atoms with van der Waals surface area (Å²) in [5.74, 6) is -1.07. The summed E-state index contributed by atoms with van der Waals surface area (Å²) in [5, 5.41) is 11.0. The topological polar surface area (TPSA) is 115 Å². The van der Waals surface area contributed by atoms with Gasteiger partial charge in [0.2, 0.25) is 0 Å². The van der Waals surface area contributed by atoms with Crippen LogP contribution in [0.25, 0.3) is 0 Å². The van der Waals surface area contributed by atoms with Crippen LogP contribution in [0.1, 0.15) is 25.7 Å². The molecule has 1 unspecified atom stereocenters. The predicted molar refractivity (Wildman–Crippen MR) is 78.2 cm³/mol. The fourth-order valence-electron chi connectivity index (χ4n) is 2.86.